The number of rotatable bonds is 2. The Morgan fingerprint density at radius 1 is 1.12 bits per heavy atom. The molecule has 0 radical (unpaired) electrons. The fourth-order valence-corrected chi connectivity index (χ4v) is 2.68. The molecule has 0 aliphatic carbocycles. The SMILES string of the molecule is Nc1nnc(Sc2ccc(C(F)(F)F)cc2)s1. The van der Waals surface area contributed by atoms with E-state index in [1.165, 1.54) is 35.2 Å². The summed E-state index contributed by atoms with van der Waals surface area (Å²) in [6.07, 6.45) is -4.31. The first-order chi connectivity index (χ1) is 7.95. The van der Waals surface area contributed by atoms with Gasteiger partial charge in [-0.3, -0.25) is 0 Å². The molecule has 0 saturated heterocycles. The summed E-state index contributed by atoms with van der Waals surface area (Å²) in [4.78, 5) is 0.661. The Kier molecular flexibility index (Phi) is 3.25. The molecule has 0 spiro atoms. The minimum absolute atomic E-state index is 0.333. The van der Waals surface area contributed by atoms with Gasteiger partial charge in [-0.1, -0.05) is 23.1 Å². The summed E-state index contributed by atoms with van der Waals surface area (Å²) in [6.45, 7) is 0. The molecule has 0 aliphatic rings. The lowest BCUT2D eigenvalue weighted by atomic mass is 10.2. The van der Waals surface area contributed by atoms with Crippen molar-refractivity contribution in [1.82, 2.24) is 10.2 Å². The molecule has 1 aromatic carbocycles. The standard InChI is InChI=1S/C9H6F3N3S2/c10-9(11,12)5-1-3-6(4-2-5)16-8-15-14-7(13)17-8/h1-4H,(H2,13,14). The van der Waals surface area contributed by atoms with E-state index in [2.05, 4.69) is 10.2 Å². The Bertz CT molecular complexity index is 507. The number of nitrogens with zero attached hydrogens (tertiary/aromatic N) is 2. The lowest BCUT2D eigenvalue weighted by Crippen LogP contribution is -2.03. The fourth-order valence-electron chi connectivity index (χ4n) is 1.07. The molecule has 0 atom stereocenters. The van der Waals surface area contributed by atoms with Gasteiger partial charge in [0.15, 0.2) is 4.34 Å². The lowest BCUT2D eigenvalue weighted by Gasteiger charge is -2.06. The van der Waals surface area contributed by atoms with Crippen molar-refractivity contribution in [2.75, 3.05) is 5.73 Å². The van der Waals surface area contributed by atoms with Crippen molar-refractivity contribution < 1.29 is 13.2 Å². The maximum atomic E-state index is 12.3. The largest absolute Gasteiger partial charge is 0.416 e. The molecular formula is C9H6F3N3S2. The highest BCUT2D eigenvalue weighted by Crippen LogP contribution is 2.34. The number of nitrogen functional groups attached to an aromatic ring is 1. The third-order valence-electron chi connectivity index (χ3n) is 1.81. The van der Waals surface area contributed by atoms with Gasteiger partial charge < -0.3 is 5.73 Å². The molecule has 1 aromatic heterocycles. The van der Waals surface area contributed by atoms with Crippen molar-refractivity contribution in [3.63, 3.8) is 0 Å². The molecule has 0 fully saturated rings. The van der Waals surface area contributed by atoms with Gasteiger partial charge in [0.05, 0.1) is 5.56 Å². The van der Waals surface area contributed by atoms with Gasteiger partial charge in [-0.05, 0) is 24.3 Å². The van der Waals surface area contributed by atoms with Crippen LogP contribution < -0.4 is 5.73 Å². The number of anilines is 1. The summed E-state index contributed by atoms with van der Waals surface area (Å²) in [5.74, 6) is 0. The monoisotopic (exact) mass is 277 g/mol. The van der Waals surface area contributed by atoms with Crippen LogP contribution in [0.25, 0.3) is 0 Å². The third kappa shape index (κ3) is 3.10. The highest BCUT2D eigenvalue weighted by atomic mass is 32.2. The van der Waals surface area contributed by atoms with Gasteiger partial charge in [0, 0.05) is 4.90 Å². The van der Waals surface area contributed by atoms with Crippen LogP contribution >= 0.6 is 23.1 Å². The van der Waals surface area contributed by atoms with Gasteiger partial charge in [-0.25, -0.2) is 0 Å². The number of nitrogens with two attached hydrogens (primary N) is 1. The lowest BCUT2D eigenvalue weighted by molar-refractivity contribution is -0.137. The molecule has 8 heteroatoms. The maximum absolute atomic E-state index is 12.3. The molecule has 3 nitrogen and oxygen atoms in total. The van der Waals surface area contributed by atoms with Crippen LogP contribution in [0.1, 0.15) is 5.56 Å². The van der Waals surface area contributed by atoms with E-state index in [4.69, 9.17) is 5.73 Å². The fraction of sp³-hybridized carbons (Fsp3) is 0.111. The summed E-state index contributed by atoms with van der Waals surface area (Å²) in [5, 5.41) is 7.71. The first-order valence-corrected chi connectivity index (χ1v) is 6.02. The molecule has 0 aliphatic heterocycles. The second kappa shape index (κ2) is 4.53. The van der Waals surface area contributed by atoms with Crippen LogP contribution in [0.5, 0.6) is 0 Å². The van der Waals surface area contributed by atoms with Crippen LogP contribution in [-0.4, -0.2) is 10.2 Å². The first-order valence-electron chi connectivity index (χ1n) is 4.39. The first kappa shape index (κ1) is 12.2. The van der Waals surface area contributed by atoms with E-state index < -0.39 is 11.7 Å². The van der Waals surface area contributed by atoms with Crippen LogP contribution in [0.2, 0.25) is 0 Å². The molecule has 1 heterocycles. The van der Waals surface area contributed by atoms with E-state index in [9.17, 15) is 13.2 Å². The van der Waals surface area contributed by atoms with Crippen molar-refractivity contribution in [1.29, 1.82) is 0 Å². The van der Waals surface area contributed by atoms with Gasteiger partial charge in [-0.15, -0.1) is 10.2 Å². The van der Waals surface area contributed by atoms with E-state index in [1.807, 2.05) is 0 Å². The van der Waals surface area contributed by atoms with E-state index >= 15 is 0 Å². The van der Waals surface area contributed by atoms with E-state index in [0.717, 1.165) is 12.1 Å². The highest BCUT2D eigenvalue weighted by Gasteiger charge is 2.29. The number of alkyl halides is 3. The van der Waals surface area contributed by atoms with Gasteiger partial charge in [0.2, 0.25) is 5.13 Å². The van der Waals surface area contributed by atoms with Gasteiger partial charge in [0.1, 0.15) is 0 Å². The molecule has 0 unspecified atom stereocenters. The summed E-state index contributed by atoms with van der Waals surface area (Å²) in [5.41, 5.74) is 4.73. The maximum Gasteiger partial charge on any atom is 0.416 e. The average molecular weight is 277 g/mol. The zero-order valence-electron chi connectivity index (χ0n) is 8.23. The predicted molar refractivity (Wildman–Crippen MR) is 59.9 cm³/mol. The van der Waals surface area contributed by atoms with Crippen LogP contribution in [0, 0.1) is 0 Å². The summed E-state index contributed by atoms with van der Waals surface area (Å²) >= 11 is 2.41. The molecule has 0 saturated carbocycles. The topological polar surface area (TPSA) is 51.8 Å². The average Bonchev–Trinajstić information content (AvgIpc) is 2.63. The summed E-state index contributed by atoms with van der Waals surface area (Å²) < 4.78 is 37.5. The van der Waals surface area contributed by atoms with E-state index in [-0.39, 0.29) is 0 Å². The van der Waals surface area contributed by atoms with E-state index in [1.54, 1.807) is 0 Å². The van der Waals surface area contributed by atoms with E-state index in [0.29, 0.717) is 14.4 Å². The zero-order chi connectivity index (χ0) is 12.5. The Morgan fingerprint density at radius 2 is 1.76 bits per heavy atom. The summed E-state index contributed by atoms with van der Waals surface area (Å²) in [6, 6.07) is 4.86. The Balaban J connectivity index is 2.13. The normalized spacial score (nSPS) is 11.7. The summed E-state index contributed by atoms with van der Waals surface area (Å²) in [7, 11) is 0. The zero-order valence-corrected chi connectivity index (χ0v) is 9.86. The van der Waals surface area contributed by atoms with Crippen LogP contribution in [-0.2, 0) is 6.18 Å². The predicted octanol–water partition coefficient (Wildman–Crippen LogP) is 3.29. The molecule has 2 aromatic rings. The Morgan fingerprint density at radius 3 is 2.24 bits per heavy atom. The number of aromatic nitrogens is 2. The number of hydrogen-bond donors (Lipinski definition) is 1. The molecule has 2 N–H and O–H groups in total. The minimum Gasteiger partial charge on any atom is -0.374 e. The van der Waals surface area contributed by atoms with Gasteiger partial charge in [0.25, 0.3) is 0 Å². The van der Waals surface area contributed by atoms with Crippen LogP contribution in [0.3, 0.4) is 0 Å². The van der Waals surface area contributed by atoms with Crippen molar-refractivity contribution in [3.05, 3.63) is 29.8 Å². The van der Waals surface area contributed by atoms with Crippen LogP contribution in [0.15, 0.2) is 33.5 Å². The quantitative estimate of drug-likeness (QED) is 0.915. The van der Waals surface area contributed by atoms with Crippen molar-refractivity contribution >= 4 is 28.2 Å². The second-order valence-electron chi connectivity index (χ2n) is 3.03. The third-order valence-corrected chi connectivity index (χ3v) is 3.62. The van der Waals surface area contributed by atoms with Crippen molar-refractivity contribution in [2.24, 2.45) is 0 Å². The Hall–Kier alpha value is -1.28. The van der Waals surface area contributed by atoms with Gasteiger partial charge >= 0.3 is 6.18 Å². The number of benzene rings is 1. The molecular weight excluding hydrogens is 271 g/mol. The molecule has 0 bridgehead atoms. The number of halogens is 3. The second-order valence-corrected chi connectivity index (χ2v) is 5.36. The smallest absolute Gasteiger partial charge is 0.374 e. The molecule has 90 valence electrons. The van der Waals surface area contributed by atoms with Gasteiger partial charge in [-0.2, -0.15) is 13.2 Å². The number of hydrogen-bond acceptors (Lipinski definition) is 5. The Labute approximate surface area is 103 Å². The van der Waals surface area contributed by atoms with Crippen molar-refractivity contribution in [2.45, 2.75) is 15.4 Å². The molecule has 0 amide bonds. The minimum atomic E-state index is -4.31. The highest BCUT2D eigenvalue weighted by molar-refractivity contribution is 8.01. The van der Waals surface area contributed by atoms with Crippen LogP contribution in [0.4, 0.5) is 18.3 Å². The molecule has 2 rings (SSSR count). The molecule has 17 heavy (non-hydrogen) atoms. The van der Waals surface area contributed by atoms with Crippen molar-refractivity contribution in [3.8, 4) is 0 Å².